The molecule has 5 heteroatoms. The summed E-state index contributed by atoms with van der Waals surface area (Å²) in [4.78, 5) is 11.6. The highest BCUT2D eigenvalue weighted by molar-refractivity contribution is 6.37. The lowest BCUT2D eigenvalue weighted by Crippen LogP contribution is -2.23. The quantitative estimate of drug-likeness (QED) is 0.845. The lowest BCUT2D eigenvalue weighted by atomic mass is 10.2. The van der Waals surface area contributed by atoms with Crippen molar-refractivity contribution in [2.24, 2.45) is 0 Å². The van der Waals surface area contributed by atoms with Gasteiger partial charge in [0.25, 0.3) is 5.91 Å². The van der Waals surface area contributed by atoms with Crippen molar-refractivity contribution in [1.82, 2.24) is 5.32 Å². The molecule has 0 fully saturated rings. The van der Waals surface area contributed by atoms with Gasteiger partial charge in [0.2, 0.25) is 0 Å². The Morgan fingerprint density at radius 2 is 2.06 bits per heavy atom. The van der Waals surface area contributed by atoms with E-state index in [-0.39, 0.29) is 5.91 Å². The van der Waals surface area contributed by atoms with Crippen LogP contribution < -0.4 is 10.1 Å². The van der Waals surface area contributed by atoms with Gasteiger partial charge in [-0.15, -0.1) is 6.58 Å². The van der Waals surface area contributed by atoms with Gasteiger partial charge in [-0.3, -0.25) is 4.79 Å². The molecule has 0 radical (unpaired) electrons. The van der Waals surface area contributed by atoms with Crippen LogP contribution in [-0.2, 0) is 0 Å². The van der Waals surface area contributed by atoms with Crippen molar-refractivity contribution in [2.45, 2.75) is 0 Å². The predicted octanol–water partition coefficient (Wildman–Crippen LogP) is 2.92. The van der Waals surface area contributed by atoms with Crippen molar-refractivity contribution >= 4 is 29.1 Å². The molecule has 0 bridgehead atoms. The van der Waals surface area contributed by atoms with E-state index < -0.39 is 0 Å². The molecule has 0 aliphatic rings. The number of hydrogen-bond acceptors (Lipinski definition) is 2. The summed E-state index contributed by atoms with van der Waals surface area (Å²) in [7, 11) is 1.46. The maximum absolute atomic E-state index is 11.6. The first-order valence-corrected chi connectivity index (χ1v) is 5.28. The summed E-state index contributed by atoms with van der Waals surface area (Å²) in [5, 5.41) is 3.23. The fraction of sp³-hybridized carbons (Fsp3) is 0.182. The highest BCUT2D eigenvalue weighted by Crippen LogP contribution is 2.33. The molecule has 0 aliphatic carbocycles. The molecule has 1 N–H and O–H groups in total. The van der Waals surface area contributed by atoms with Crippen molar-refractivity contribution in [3.05, 3.63) is 40.4 Å². The third kappa shape index (κ3) is 2.90. The van der Waals surface area contributed by atoms with Crippen LogP contribution >= 0.6 is 23.2 Å². The zero-order valence-corrected chi connectivity index (χ0v) is 10.2. The number of rotatable bonds is 4. The molecule has 0 unspecified atom stereocenters. The van der Waals surface area contributed by atoms with Gasteiger partial charge in [-0.25, -0.2) is 0 Å². The Bertz CT molecular complexity index is 395. The normalized spacial score (nSPS) is 9.69. The zero-order chi connectivity index (χ0) is 12.1. The number of carbonyl (C=O) groups is 1. The maximum atomic E-state index is 11.6. The van der Waals surface area contributed by atoms with Crippen molar-refractivity contribution in [3.8, 4) is 5.75 Å². The fourth-order valence-corrected chi connectivity index (χ4v) is 1.79. The van der Waals surface area contributed by atoms with Crippen LogP contribution in [0, 0.1) is 0 Å². The summed E-state index contributed by atoms with van der Waals surface area (Å²) in [6.07, 6.45) is 1.59. The molecule has 3 nitrogen and oxygen atoms in total. The van der Waals surface area contributed by atoms with Crippen LogP contribution in [0.1, 0.15) is 10.4 Å². The van der Waals surface area contributed by atoms with Crippen molar-refractivity contribution in [3.63, 3.8) is 0 Å². The zero-order valence-electron chi connectivity index (χ0n) is 8.72. The summed E-state index contributed by atoms with van der Waals surface area (Å²) in [6, 6.07) is 3.01. The molecule has 0 heterocycles. The van der Waals surface area contributed by atoms with E-state index in [2.05, 4.69) is 11.9 Å². The highest BCUT2D eigenvalue weighted by Gasteiger charge is 2.12. The average Bonchev–Trinajstić information content (AvgIpc) is 2.25. The second-order valence-electron chi connectivity index (χ2n) is 2.97. The van der Waals surface area contributed by atoms with E-state index in [9.17, 15) is 4.79 Å². The Balaban J connectivity index is 2.99. The monoisotopic (exact) mass is 259 g/mol. The molecular weight excluding hydrogens is 249 g/mol. The Labute approximate surface area is 104 Å². The smallest absolute Gasteiger partial charge is 0.251 e. The van der Waals surface area contributed by atoms with Crippen LogP contribution in [0.15, 0.2) is 24.8 Å². The largest absolute Gasteiger partial charge is 0.494 e. The van der Waals surface area contributed by atoms with Gasteiger partial charge in [-0.05, 0) is 12.1 Å². The molecule has 0 saturated carbocycles. The molecule has 1 rings (SSSR count). The van der Waals surface area contributed by atoms with Gasteiger partial charge in [-0.1, -0.05) is 29.3 Å². The van der Waals surface area contributed by atoms with E-state index >= 15 is 0 Å². The summed E-state index contributed by atoms with van der Waals surface area (Å²) in [5.74, 6) is 0.106. The van der Waals surface area contributed by atoms with Crippen LogP contribution in [0.5, 0.6) is 5.75 Å². The number of methoxy groups -OCH3 is 1. The van der Waals surface area contributed by atoms with E-state index in [1.165, 1.54) is 19.2 Å². The molecule has 0 spiro atoms. The molecule has 0 atom stereocenters. The van der Waals surface area contributed by atoms with E-state index in [0.29, 0.717) is 27.9 Å². The van der Waals surface area contributed by atoms with Crippen LogP contribution in [0.4, 0.5) is 0 Å². The van der Waals surface area contributed by atoms with E-state index in [0.717, 1.165) is 0 Å². The molecular formula is C11H11Cl2NO2. The molecule has 16 heavy (non-hydrogen) atoms. The van der Waals surface area contributed by atoms with Crippen molar-refractivity contribution in [1.29, 1.82) is 0 Å². The molecule has 1 aromatic carbocycles. The van der Waals surface area contributed by atoms with Gasteiger partial charge in [-0.2, -0.15) is 0 Å². The second kappa shape index (κ2) is 5.77. The van der Waals surface area contributed by atoms with Crippen molar-refractivity contribution in [2.75, 3.05) is 13.7 Å². The Kier molecular flexibility index (Phi) is 4.65. The topological polar surface area (TPSA) is 38.3 Å². The lowest BCUT2D eigenvalue weighted by molar-refractivity contribution is 0.0958. The Morgan fingerprint density at radius 1 is 1.50 bits per heavy atom. The van der Waals surface area contributed by atoms with Crippen LogP contribution in [0.3, 0.4) is 0 Å². The first-order chi connectivity index (χ1) is 7.60. The minimum atomic E-state index is -0.258. The summed E-state index contributed by atoms with van der Waals surface area (Å²) < 4.78 is 4.98. The minimum Gasteiger partial charge on any atom is -0.494 e. The number of ether oxygens (including phenoxy) is 1. The average molecular weight is 260 g/mol. The third-order valence-corrected chi connectivity index (χ3v) is 2.43. The number of nitrogens with one attached hydrogen (secondary N) is 1. The van der Waals surface area contributed by atoms with E-state index in [4.69, 9.17) is 27.9 Å². The van der Waals surface area contributed by atoms with Crippen LogP contribution in [0.2, 0.25) is 10.0 Å². The van der Waals surface area contributed by atoms with Crippen molar-refractivity contribution < 1.29 is 9.53 Å². The molecule has 0 saturated heterocycles. The predicted molar refractivity (Wildman–Crippen MR) is 65.5 cm³/mol. The lowest BCUT2D eigenvalue weighted by Gasteiger charge is -2.08. The van der Waals surface area contributed by atoms with E-state index in [1.807, 2.05) is 0 Å². The molecule has 1 aromatic rings. The fourth-order valence-electron chi connectivity index (χ4n) is 1.15. The van der Waals surface area contributed by atoms with Crippen LogP contribution in [-0.4, -0.2) is 19.6 Å². The number of benzene rings is 1. The standard InChI is InChI=1S/C11H11Cl2NO2/c1-3-4-14-11(15)7-5-8(12)10(16-2)9(13)6-7/h3,5-6H,1,4H2,2H3,(H,14,15). The maximum Gasteiger partial charge on any atom is 0.251 e. The molecule has 0 aromatic heterocycles. The SMILES string of the molecule is C=CCNC(=O)c1cc(Cl)c(OC)c(Cl)c1. The number of halogens is 2. The Morgan fingerprint density at radius 3 is 2.50 bits per heavy atom. The van der Waals surface area contributed by atoms with Crippen LogP contribution in [0.25, 0.3) is 0 Å². The van der Waals surface area contributed by atoms with Gasteiger partial charge >= 0.3 is 0 Å². The number of amides is 1. The van der Waals surface area contributed by atoms with Gasteiger partial charge in [0.15, 0.2) is 5.75 Å². The first kappa shape index (κ1) is 12.9. The second-order valence-corrected chi connectivity index (χ2v) is 3.79. The van der Waals surface area contributed by atoms with Gasteiger partial charge in [0.05, 0.1) is 17.2 Å². The number of hydrogen-bond donors (Lipinski definition) is 1. The minimum absolute atomic E-state index is 0.258. The summed E-state index contributed by atoms with van der Waals surface area (Å²) in [6.45, 7) is 3.89. The first-order valence-electron chi connectivity index (χ1n) is 4.52. The summed E-state index contributed by atoms with van der Waals surface area (Å²) in [5.41, 5.74) is 0.387. The van der Waals surface area contributed by atoms with E-state index in [1.54, 1.807) is 6.08 Å². The third-order valence-electron chi connectivity index (χ3n) is 1.87. The van der Waals surface area contributed by atoms with Gasteiger partial charge in [0, 0.05) is 12.1 Å². The molecule has 0 aliphatic heterocycles. The molecule has 1 amide bonds. The summed E-state index contributed by atoms with van der Waals surface area (Å²) >= 11 is 11.8. The number of carbonyl (C=O) groups excluding carboxylic acids is 1. The van der Waals surface area contributed by atoms with Gasteiger partial charge < -0.3 is 10.1 Å². The Hall–Kier alpha value is -1.19. The highest BCUT2D eigenvalue weighted by atomic mass is 35.5. The van der Waals surface area contributed by atoms with Gasteiger partial charge in [0.1, 0.15) is 0 Å². The molecule has 86 valence electrons.